The van der Waals surface area contributed by atoms with Crippen LogP contribution >= 0.6 is 0 Å². The van der Waals surface area contributed by atoms with Crippen molar-refractivity contribution >= 4 is 22.5 Å². The van der Waals surface area contributed by atoms with E-state index < -0.39 is 22.5 Å². The molecule has 98 valence electrons. The molecule has 0 aliphatic heterocycles. The third kappa shape index (κ3) is 3.75. The molecule has 0 aliphatic carbocycles. The van der Waals surface area contributed by atoms with Crippen molar-refractivity contribution in [2.24, 2.45) is 0 Å². The normalized spacial score (nSPS) is 11.9. The maximum atomic E-state index is 11.9. The Morgan fingerprint density at radius 2 is 1.83 bits per heavy atom. The number of hydrogen-bond acceptors (Lipinski definition) is 4. The quantitative estimate of drug-likeness (QED) is 0.583. The Morgan fingerprint density at radius 1 is 1.28 bits per heavy atom. The maximum Gasteiger partial charge on any atom is 0.314 e. The highest BCUT2D eigenvalue weighted by atomic mass is 32.2. The Kier molecular flexibility index (Phi) is 5.18. The van der Waals surface area contributed by atoms with Crippen LogP contribution in [0.25, 0.3) is 0 Å². The molecule has 1 amide bonds. The van der Waals surface area contributed by atoms with Crippen LogP contribution in [0.1, 0.15) is 5.56 Å². The second-order valence-electron chi connectivity index (χ2n) is 3.71. The Balaban J connectivity index is 2.68. The van der Waals surface area contributed by atoms with Gasteiger partial charge in [-0.2, -0.15) is 0 Å². The molecule has 18 heavy (non-hydrogen) atoms. The molecule has 5 nitrogen and oxygen atoms in total. The van der Waals surface area contributed by atoms with Gasteiger partial charge in [0.2, 0.25) is 5.78 Å². The van der Waals surface area contributed by atoms with Crippen LogP contribution in [0.4, 0.5) is 0 Å². The first-order valence-electron chi connectivity index (χ1n) is 5.25. The monoisotopic (exact) mass is 269 g/mol. The van der Waals surface area contributed by atoms with Crippen molar-refractivity contribution in [1.29, 1.82) is 0 Å². The zero-order chi connectivity index (χ0) is 13.7. The first-order valence-corrected chi connectivity index (χ1v) is 6.57. The summed E-state index contributed by atoms with van der Waals surface area (Å²) in [5.74, 6) is -1.88. The van der Waals surface area contributed by atoms with Gasteiger partial charge in [0.15, 0.2) is 0 Å². The zero-order valence-electron chi connectivity index (χ0n) is 10.5. The molecule has 1 aromatic rings. The van der Waals surface area contributed by atoms with E-state index in [4.69, 9.17) is 0 Å². The summed E-state index contributed by atoms with van der Waals surface area (Å²) in [5, 5.41) is 0.814. The highest BCUT2D eigenvalue weighted by Gasteiger charge is 2.21. The van der Waals surface area contributed by atoms with E-state index in [1.54, 1.807) is 24.3 Å². The van der Waals surface area contributed by atoms with E-state index in [1.807, 2.05) is 6.92 Å². The molecule has 1 rings (SSSR count). The fraction of sp³-hybridized carbons (Fsp3) is 0.333. The molecule has 0 saturated heterocycles. The van der Waals surface area contributed by atoms with Crippen molar-refractivity contribution in [3.05, 3.63) is 29.8 Å². The van der Waals surface area contributed by atoms with Gasteiger partial charge in [-0.15, -0.1) is 0 Å². The minimum Gasteiger partial charge on any atom is -0.288 e. The second kappa shape index (κ2) is 6.42. The van der Waals surface area contributed by atoms with Gasteiger partial charge in [0.1, 0.15) is 0 Å². The summed E-state index contributed by atoms with van der Waals surface area (Å²) in [6, 6.07) is 6.98. The standard InChI is InChI=1S/C12H15NO4S/c1-9-4-6-10(7-5-9)18(16)8-11(14)12(15)13(2)17-3/h4-7H,8H2,1-3H3/t18-/m1/s1. The molecular weight excluding hydrogens is 254 g/mol. The molecule has 0 unspecified atom stereocenters. The fourth-order valence-electron chi connectivity index (χ4n) is 1.21. The largest absolute Gasteiger partial charge is 0.314 e. The number of aryl methyl sites for hydroxylation is 1. The van der Waals surface area contributed by atoms with Crippen LogP contribution < -0.4 is 0 Å². The molecule has 0 bridgehead atoms. The predicted molar refractivity (Wildman–Crippen MR) is 67.2 cm³/mol. The van der Waals surface area contributed by atoms with E-state index in [-0.39, 0.29) is 5.75 Å². The molecular formula is C12H15NO4S. The van der Waals surface area contributed by atoms with Gasteiger partial charge >= 0.3 is 5.91 Å². The molecule has 0 spiro atoms. The Bertz CT molecular complexity index is 469. The van der Waals surface area contributed by atoms with E-state index >= 15 is 0 Å². The number of hydroxylamine groups is 2. The van der Waals surface area contributed by atoms with Crippen LogP contribution in [0.2, 0.25) is 0 Å². The number of carbonyl (C=O) groups is 2. The molecule has 0 aliphatic rings. The van der Waals surface area contributed by atoms with Crippen molar-refractivity contribution in [2.45, 2.75) is 11.8 Å². The van der Waals surface area contributed by atoms with E-state index in [2.05, 4.69) is 4.84 Å². The van der Waals surface area contributed by atoms with Crippen LogP contribution in [0.5, 0.6) is 0 Å². The smallest absolute Gasteiger partial charge is 0.288 e. The zero-order valence-corrected chi connectivity index (χ0v) is 11.3. The summed E-state index contributed by atoms with van der Waals surface area (Å²) in [5.41, 5.74) is 1.04. The minimum absolute atomic E-state index is 0.338. The van der Waals surface area contributed by atoms with Crippen molar-refractivity contribution in [3.63, 3.8) is 0 Å². The van der Waals surface area contributed by atoms with Crippen LogP contribution in [0.3, 0.4) is 0 Å². The molecule has 6 heteroatoms. The van der Waals surface area contributed by atoms with Crippen LogP contribution in [0.15, 0.2) is 29.2 Å². The third-order valence-corrected chi connectivity index (χ3v) is 3.67. The van der Waals surface area contributed by atoms with Gasteiger partial charge in [0.05, 0.1) is 23.7 Å². The summed E-state index contributed by atoms with van der Waals surface area (Å²) >= 11 is 0. The summed E-state index contributed by atoms with van der Waals surface area (Å²) < 4.78 is 11.9. The van der Waals surface area contributed by atoms with Crippen LogP contribution in [-0.2, 0) is 25.2 Å². The van der Waals surface area contributed by atoms with Crippen LogP contribution in [0, 0.1) is 6.92 Å². The van der Waals surface area contributed by atoms with Crippen molar-refractivity contribution in [2.75, 3.05) is 19.9 Å². The summed E-state index contributed by atoms with van der Waals surface area (Å²) in [6.45, 7) is 1.91. The molecule has 0 fully saturated rings. The van der Waals surface area contributed by atoms with E-state index in [1.165, 1.54) is 14.2 Å². The molecule has 0 N–H and O–H groups in total. The van der Waals surface area contributed by atoms with Gasteiger partial charge in [-0.1, -0.05) is 17.7 Å². The average Bonchev–Trinajstić information content (AvgIpc) is 2.37. The molecule has 1 atom stereocenters. The number of rotatable bonds is 5. The van der Waals surface area contributed by atoms with Gasteiger partial charge in [0.25, 0.3) is 0 Å². The summed E-state index contributed by atoms with van der Waals surface area (Å²) in [7, 11) is 1.09. The van der Waals surface area contributed by atoms with Crippen LogP contribution in [-0.4, -0.2) is 40.9 Å². The fourth-order valence-corrected chi connectivity index (χ4v) is 2.18. The lowest BCUT2D eigenvalue weighted by molar-refractivity contribution is -0.172. The van der Waals surface area contributed by atoms with Crippen molar-refractivity contribution in [3.8, 4) is 0 Å². The van der Waals surface area contributed by atoms with Crippen molar-refractivity contribution in [1.82, 2.24) is 5.06 Å². The Labute approximate surface area is 108 Å². The van der Waals surface area contributed by atoms with Gasteiger partial charge in [0, 0.05) is 11.9 Å². The molecule has 0 saturated carbocycles. The number of nitrogens with zero attached hydrogens (tertiary/aromatic N) is 1. The Morgan fingerprint density at radius 3 is 2.33 bits per heavy atom. The lowest BCUT2D eigenvalue weighted by atomic mass is 10.2. The Hall–Kier alpha value is -1.53. The van der Waals surface area contributed by atoms with E-state index in [0.717, 1.165) is 10.6 Å². The maximum absolute atomic E-state index is 11.9. The van der Waals surface area contributed by atoms with Crippen molar-refractivity contribution < 1.29 is 18.6 Å². The minimum atomic E-state index is -1.51. The van der Waals surface area contributed by atoms with E-state index in [9.17, 15) is 13.8 Å². The highest BCUT2D eigenvalue weighted by Crippen LogP contribution is 2.08. The summed E-state index contributed by atoms with van der Waals surface area (Å²) in [6.07, 6.45) is 0. The molecule has 0 aromatic heterocycles. The van der Waals surface area contributed by atoms with Gasteiger partial charge in [-0.25, -0.2) is 5.06 Å². The third-order valence-electron chi connectivity index (χ3n) is 2.34. The number of hydrogen-bond donors (Lipinski definition) is 0. The number of ketones is 1. The average molecular weight is 269 g/mol. The topological polar surface area (TPSA) is 63.7 Å². The predicted octanol–water partition coefficient (Wildman–Crippen LogP) is 0.692. The molecule has 1 aromatic carbocycles. The van der Waals surface area contributed by atoms with Gasteiger partial charge < -0.3 is 0 Å². The first-order chi connectivity index (χ1) is 8.45. The SMILES string of the molecule is CON(C)C(=O)C(=O)C[S@@](=O)c1ccc(C)cc1. The number of Topliss-reactive ketones (excluding diaryl/α,β-unsaturated/α-hetero) is 1. The lowest BCUT2D eigenvalue weighted by Crippen LogP contribution is -2.35. The molecule has 0 heterocycles. The first kappa shape index (κ1) is 14.5. The number of benzene rings is 1. The summed E-state index contributed by atoms with van der Waals surface area (Å²) in [4.78, 5) is 28.1. The number of carbonyl (C=O) groups excluding carboxylic acids is 2. The number of amides is 1. The second-order valence-corrected chi connectivity index (χ2v) is 5.16. The van der Waals surface area contributed by atoms with Gasteiger partial charge in [-0.3, -0.25) is 18.6 Å². The highest BCUT2D eigenvalue weighted by molar-refractivity contribution is 7.86. The van der Waals surface area contributed by atoms with E-state index in [0.29, 0.717) is 4.90 Å². The lowest BCUT2D eigenvalue weighted by Gasteiger charge is -2.12. The number of likely N-dealkylation sites (N-methyl/N-ethyl adjacent to an activating group) is 1. The van der Waals surface area contributed by atoms with Gasteiger partial charge in [-0.05, 0) is 19.1 Å². The molecule has 0 radical (unpaired) electrons.